The number of hydrogen-bond donors (Lipinski definition) is 3. The predicted molar refractivity (Wildman–Crippen MR) is 74.1 cm³/mol. The van der Waals surface area contributed by atoms with Gasteiger partial charge in [-0.1, -0.05) is 30.3 Å². The van der Waals surface area contributed by atoms with E-state index in [1.165, 1.54) is 0 Å². The molecule has 0 aromatic heterocycles. The Bertz CT molecular complexity index is 443. The summed E-state index contributed by atoms with van der Waals surface area (Å²) in [7, 11) is 0. The van der Waals surface area contributed by atoms with Gasteiger partial charge in [0.2, 0.25) is 11.8 Å². The minimum atomic E-state index is -0.776. The average Bonchev–Trinajstić information content (AvgIpc) is 2.37. The number of rotatable bonds is 6. The zero-order chi connectivity index (χ0) is 14.5. The first-order valence-electron chi connectivity index (χ1n) is 6.20. The fraction of sp³-hybridized carbons (Fsp3) is 0.429. The molecule has 1 aromatic carbocycles. The maximum absolute atomic E-state index is 11.8. The van der Waals surface area contributed by atoms with Gasteiger partial charge in [0.25, 0.3) is 0 Å². The lowest BCUT2D eigenvalue weighted by molar-refractivity contribution is -0.127. The van der Waals surface area contributed by atoms with E-state index in [1.807, 2.05) is 30.3 Å². The molecule has 0 aliphatic carbocycles. The Hall–Kier alpha value is -1.88. The van der Waals surface area contributed by atoms with Crippen molar-refractivity contribution in [2.75, 3.05) is 6.54 Å². The van der Waals surface area contributed by atoms with Crippen LogP contribution in [0.3, 0.4) is 0 Å². The summed E-state index contributed by atoms with van der Waals surface area (Å²) in [6.07, 6.45) is 0.462. The molecule has 5 nitrogen and oxygen atoms in total. The summed E-state index contributed by atoms with van der Waals surface area (Å²) in [6, 6.07) is 8.91. The van der Waals surface area contributed by atoms with Gasteiger partial charge in [0.1, 0.15) is 0 Å². The molecule has 0 radical (unpaired) electrons. The first kappa shape index (κ1) is 15.2. The van der Waals surface area contributed by atoms with Crippen molar-refractivity contribution >= 4 is 11.8 Å². The summed E-state index contributed by atoms with van der Waals surface area (Å²) in [6.45, 7) is 3.54. The molecule has 1 rings (SSSR count). The summed E-state index contributed by atoms with van der Waals surface area (Å²) in [5, 5.41) is 2.66. The third-order valence-electron chi connectivity index (χ3n) is 3.01. The minimum absolute atomic E-state index is 0.184. The highest BCUT2D eigenvalue weighted by molar-refractivity contribution is 5.84. The van der Waals surface area contributed by atoms with Crippen LogP contribution >= 0.6 is 0 Å². The molecule has 0 fully saturated rings. The van der Waals surface area contributed by atoms with Gasteiger partial charge >= 0.3 is 0 Å². The number of primary amides is 1. The number of nitrogens with two attached hydrogens (primary N) is 2. The number of carbonyl (C=O) groups is 2. The molecule has 0 aliphatic rings. The fourth-order valence-electron chi connectivity index (χ4n) is 1.49. The second-order valence-corrected chi connectivity index (χ2v) is 5.26. The smallest absolute Gasteiger partial charge is 0.237 e. The van der Waals surface area contributed by atoms with E-state index in [4.69, 9.17) is 11.5 Å². The lowest BCUT2D eigenvalue weighted by Gasteiger charge is -2.22. The van der Waals surface area contributed by atoms with Crippen molar-refractivity contribution in [1.29, 1.82) is 0 Å². The van der Waals surface area contributed by atoms with Crippen LogP contribution < -0.4 is 16.8 Å². The Kier molecular flexibility index (Phi) is 5.06. The first-order chi connectivity index (χ1) is 8.83. The predicted octanol–water partition coefficient (Wildman–Crippen LogP) is 0.184. The van der Waals surface area contributed by atoms with E-state index in [1.54, 1.807) is 13.8 Å². The van der Waals surface area contributed by atoms with Gasteiger partial charge in [-0.2, -0.15) is 0 Å². The van der Waals surface area contributed by atoms with Crippen LogP contribution in [-0.2, 0) is 16.0 Å². The van der Waals surface area contributed by atoms with Gasteiger partial charge in [0.15, 0.2) is 0 Å². The number of carbonyl (C=O) groups excluding carboxylic acids is 2. The highest BCUT2D eigenvalue weighted by Crippen LogP contribution is 2.12. The van der Waals surface area contributed by atoms with E-state index in [2.05, 4.69) is 5.32 Å². The first-order valence-corrected chi connectivity index (χ1v) is 6.20. The van der Waals surface area contributed by atoms with E-state index < -0.39 is 17.4 Å². The summed E-state index contributed by atoms with van der Waals surface area (Å²) in [4.78, 5) is 23.0. The van der Waals surface area contributed by atoms with Crippen LogP contribution in [0.4, 0.5) is 0 Å². The summed E-state index contributed by atoms with van der Waals surface area (Å²) >= 11 is 0. The van der Waals surface area contributed by atoms with Crippen molar-refractivity contribution in [3.63, 3.8) is 0 Å². The molecule has 5 heteroatoms. The average molecular weight is 263 g/mol. The lowest BCUT2D eigenvalue weighted by Crippen LogP contribution is -2.48. The van der Waals surface area contributed by atoms with E-state index >= 15 is 0 Å². The topological polar surface area (TPSA) is 98.2 Å². The van der Waals surface area contributed by atoms with Crippen LogP contribution in [0.2, 0.25) is 0 Å². The lowest BCUT2D eigenvalue weighted by atomic mass is 9.92. The third kappa shape index (κ3) is 4.71. The molecule has 1 atom stereocenters. The maximum atomic E-state index is 11.8. The fourth-order valence-corrected chi connectivity index (χ4v) is 1.49. The van der Waals surface area contributed by atoms with Gasteiger partial charge < -0.3 is 16.8 Å². The second-order valence-electron chi connectivity index (χ2n) is 5.26. The van der Waals surface area contributed by atoms with Crippen LogP contribution in [0.25, 0.3) is 0 Å². The monoisotopic (exact) mass is 263 g/mol. The summed E-state index contributed by atoms with van der Waals surface area (Å²) in [5.74, 6) is -0.734. The molecule has 1 aromatic rings. The van der Waals surface area contributed by atoms with E-state index in [0.29, 0.717) is 6.42 Å². The third-order valence-corrected chi connectivity index (χ3v) is 3.01. The molecule has 0 aliphatic heterocycles. The van der Waals surface area contributed by atoms with Gasteiger partial charge in [0, 0.05) is 6.54 Å². The molecule has 0 bridgehead atoms. The zero-order valence-corrected chi connectivity index (χ0v) is 11.3. The zero-order valence-electron chi connectivity index (χ0n) is 11.3. The van der Waals surface area contributed by atoms with Crippen molar-refractivity contribution in [2.45, 2.75) is 26.3 Å². The number of hydrogen-bond acceptors (Lipinski definition) is 3. The quantitative estimate of drug-likeness (QED) is 0.683. The molecule has 0 spiro atoms. The van der Waals surface area contributed by atoms with Gasteiger partial charge in [-0.15, -0.1) is 0 Å². The molecule has 0 saturated carbocycles. The SMILES string of the molecule is CC(C)(CNC(=O)C(N)Cc1ccccc1)C(N)=O. The second kappa shape index (κ2) is 6.33. The molecule has 1 unspecified atom stereocenters. The molecule has 19 heavy (non-hydrogen) atoms. The van der Waals surface area contributed by atoms with E-state index in [0.717, 1.165) is 5.56 Å². The van der Waals surface area contributed by atoms with Crippen molar-refractivity contribution in [3.05, 3.63) is 35.9 Å². The van der Waals surface area contributed by atoms with Crippen LogP contribution in [0.5, 0.6) is 0 Å². The molecular formula is C14H21N3O2. The number of benzene rings is 1. The largest absolute Gasteiger partial charge is 0.369 e. The van der Waals surface area contributed by atoms with Gasteiger partial charge in [-0.3, -0.25) is 9.59 Å². The molecule has 5 N–H and O–H groups in total. The maximum Gasteiger partial charge on any atom is 0.237 e. The summed E-state index contributed by atoms with van der Waals surface area (Å²) < 4.78 is 0. The van der Waals surface area contributed by atoms with Gasteiger partial charge in [-0.05, 0) is 25.8 Å². The Balaban J connectivity index is 2.48. The van der Waals surface area contributed by atoms with Crippen molar-refractivity contribution in [3.8, 4) is 0 Å². The highest BCUT2D eigenvalue weighted by Gasteiger charge is 2.26. The molecule has 2 amide bonds. The molecular weight excluding hydrogens is 242 g/mol. The normalized spacial score (nSPS) is 12.8. The van der Waals surface area contributed by atoms with Gasteiger partial charge in [0.05, 0.1) is 11.5 Å². The van der Waals surface area contributed by atoms with E-state index in [-0.39, 0.29) is 12.5 Å². The number of nitrogens with one attached hydrogen (secondary N) is 1. The van der Waals surface area contributed by atoms with E-state index in [9.17, 15) is 9.59 Å². The Morgan fingerprint density at radius 1 is 1.26 bits per heavy atom. The van der Waals surface area contributed by atoms with Gasteiger partial charge in [-0.25, -0.2) is 0 Å². The molecule has 104 valence electrons. The molecule has 0 saturated heterocycles. The van der Waals surface area contributed by atoms with Crippen LogP contribution in [0, 0.1) is 5.41 Å². The standard InChI is InChI=1S/C14H21N3O2/c1-14(2,13(16)19)9-17-12(18)11(15)8-10-6-4-3-5-7-10/h3-7,11H,8-9,15H2,1-2H3,(H2,16,19)(H,17,18). The minimum Gasteiger partial charge on any atom is -0.369 e. The van der Waals surface area contributed by atoms with Crippen LogP contribution in [0.1, 0.15) is 19.4 Å². The van der Waals surface area contributed by atoms with Crippen molar-refractivity contribution < 1.29 is 9.59 Å². The van der Waals surface area contributed by atoms with Crippen LogP contribution in [-0.4, -0.2) is 24.4 Å². The van der Waals surface area contributed by atoms with Crippen molar-refractivity contribution in [2.24, 2.45) is 16.9 Å². The highest BCUT2D eigenvalue weighted by atomic mass is 16.2. The Labute approximate surface area is 113 Å². The molecule has 0 heterocycles. The van der Waals surface area contributed by atoms with Crippen LogP contribution in [0.15, 0.2) is 30.3 Å². The Morgan fingerprint density at radius 2 is 1.84 bits per heavy atom. The number of amides is 2. The van der Waals surface area contributed by atoms with Crippen molar-refractivity contribution in [1.82, 2.24) is 5.32 Å². The summed E-state index contributed by atoms with van der Waals surface area (Å²) in [5.41, 5.74) is 11.3. The Morgan fingerprint density at radius 3 is 2.37 bits per heavy atom.